The third-order valence-electron chi connectivity index (χ3n) is 2.96. The van der Waals surface area contributed by atoms with E-state index in [1.54, 1.807) is 0 Å². The van der Waals surface area contributed by atoms with Gasteiger partial charge in [-0.2, -0.15) is 0 Å². The Balaban J connectivity index is 2.17. The van der Waals surface area contributed by atoms with E-state index >= 15 is 0 Å². The standard InChI is InChI=1S/C12H17N3S/c1-3-14-8-13-12(16)15(9-14)11-6-4-10(2)5-7-11/h4-7H,3,8-9H2,1-2H3,(H,13,16)/p+1. The predicted octanol–water partition coefficient (Wildman–Crippen LogP) is 0.509. The lowest BCUT2D eigenvalue weighted by atomic mass is 10.2. The van der Waals surface area contributed by atoms with Gasteiger partial charge in [0, 0.05) is 5.69 Å². The van der Waals surface area contributed by atoms with E-state index in [4.69, 9.17) is 12.2 Å². The predicted molar refractivity (Wildman–Crippen MR) is 70.6 cm³/mol. The quantitative estimate of drug-likeness (QED) is 0.730. The van der Waals surface area contributed by atoms with Gasteiger partial charge in [0.05, 0.1) is 6.54 Å². The number of rotatable bonds is 2. The molecular formula is C12H18N3S+. The van der Waals surface area contributed by atoms with Crippen LogP contribution >= 0.6 is 12.2 Å². The third kappa shape index (κ3) is 2.33. The van der Waals surface area contributed by atoms with Gasteiger partial charge in [-0.15, -0.1) is 0 Å². The summed E-state index contributed by atoms with van der Waals surface area (Å²) < 4.78 is 0. The van der Waals surface area contributed by atoms with E-state index in [-0.39, 0.29) is 0 Å². The van der Waals surface area contributed by atoms with Crippen molar-refractivity contribution >= 4 is 23.0 Å². The average molecular weight is 236 g/mol. The molecule has 2 N–H and O–H groups in total. The van der Waals surface area contributed by atoms with Crippen LogP contribution in [0.5, 0.6) is 0 Å². The monoisotopic (exact) mass is 236 g/mol. The van der Waals surface area contributed by atoms with E-state index in [1.165, 1.54) is 16.2 Å². The molecule has 1 aromatic rings. The SMILES string of the molecule is CC[NH+]1CNC(=S)N(c2ccc(C)cc2)C1. The molecular weight excluding hydrogens is 218 g/mol. The van der Waals surface area contributed by atoms with Crippen LogP contribution in [-0.2, 0) is 0 Å². The Labute approximate surface area is 102 Å². The first-order valence-electron chi connectivity index (χ1n) is 5.66. The maximum Gasteiger partial charge on any atom is 0.182 e. The molecule has 0 bridgehead atoms. The molecule has 1 unspecified atom stereocenters. The van der Waals surface area contributed by atoms with Gasteiger partial charge in [-0.1, -0.05) is 17.7 Å². The number of benzene rings is 1. The Kier molecular flexibility index (Phi) is 3.41. The molecule has 0 aliphatic carbocycles. The lowest BCUT2D eigenvalue weighted by molar-refractivity contribution is -0.901. The Morgan fingerprint density at radius 2 is 2.06 bits per heavy atom. The largest absolute Gasteiger partial charge is 0.315 e. The zero-order valence-corrected chi connectivity index (χ0v) is 10.6. The van der Waals surface area contributed by atoms with Crippen LogP contribution in [0.4, 0.5) is 5.69 Å². The van der Waals surface area contributed by atoms with Crippen LogP contribution in [-0.4, -0.2) is 25.0 Å². The molecule has 0 saturated carbocycles. The van der Waals surface area contributed by atoms with Crippen molar-refractivity contribution in [1.82, 2.24) is 5.32 Å². The molecule has 1 saturated heterocycles. The van der Waals surface area contributed by atoms with Crippen molar-refractivity contribution < 1.29 is 4.90 Å². The second-order valence-electron chi connectivity index (χ2n) is 4.18. The molecule has 1 fully saturated rings. The molecule has 0 amide bonds. The van der Waals surface area contributed by atoms with Gasteiger partial charge < -0.3 is 10.2 Å². The zero-order chi connectivity index (χ0) is 11.5. The molecule has 0 spiro atoms. The van der Waals surface area contributed by atoms with E-state index in [9.17, 15) is 0 Å². The summed E-state index contributed by atoms with van der Waals surface area (Å²) >= 11 is 5.34. The highest BCUT2D eigenvalue weighted by atomic mass is 32.1. The summed E-state index contributed by atoms with van der Waals surface area (Å²) in [6, 6.07) is 8.50. The maximum atomic E-state index is 5.34. The molecule has 1 aliphatic rings. The summed E-state index contributed by atoms with van der Waals surface area (Å²) in [5, 5.41) is 4.10. The number of anilines is 1. The van der Waals surface area contributed by atoms with Gasteiger partial charge in [0.15, 0.2) is 18.4 Å². The van der Waals surface area contributed by atoms with Gasteiger partial charge in [-0.05, 0) is 38.2 Å². The molecule has 1 aliphatic heterocycles. The number of aryl methyl sites for hydroxylation is 1. The van der Waals surface area contributed by atoms with Crippen LogP contribution in [0.2, 0.25) is 0 Å². The maximum absolute atomic E-state index is 5.34. The van der Waals surface area contributed by atoms with E-state index in [1.807, 2.05) is 0 Å². The van der Waals surface area contributed by atoms with Gasteiger partial charge >= 0.3 is 0 Å². The van der Waals surface area contributed by atoms with Gasteiger partial charge in [-0.3, -0.25) is 4.90 Å². The van der Waals surface area contributed by atoms with Crippen molar-refractivity contribution in [1.29, 1.82) is 0 Å². The summed E-state index contributed by atoms with van der Waals surface area (Å²) in [5.74, 6) is 0. The first-order valence-corrected chi connectivity index (χ1v) is 6.07. The average Bonchev–Trinajstić information content (AvgIpc) is 2.31. The van der Waals surface area contributed by atoms with Crippen LogP contribution in [0.3, 0.4) is 0 Å². The fraction of sp³-hybridized carbons (Fsp3) is 0.417. The summed E-state index contributed by atoms with van der Waals surface area (Å²) in [5.41, 5.74) is 2.45. The fourth-order valence-corrected chi connectivity index (χ4v) is 2.06. The third-order valence-corrected chi connectivity index (χ3v) is 3.33. The second kappa shape index (κ2) is 4.80. The molecule has 1 aromatic carbocycles. The minimum absolute atomic E-state index is 0.834. The van der Waals surface area contributed by atoms with E-state index in [0.717, 1.165) is 25.0 Å². The van der Waals surface area contributed by atoms with E-state index < -0.39 is 0 Å². The lowest BCUT2D eigenvalue weighted by Gasteiger charge is -2.34. The molecule has 1 atom stereocenters. The Bertz CT molecular complexity index is 374. The van der Waals surface area contributed by atoms with Crippen molar-refractivity contribution in [3.63, 3.8) is 0 Å². The van der Waals surface area contributed by atoms with Gasteiger partial charge in [0.1, 0.15) is 0 Å². The highest BCUT2D eigenvalue weighted by Crippen LogP contribution is 2.14. The highest BCUT2D eigenvalue weighted by molar-refractivity contribution is 7.80. The van der Waals surface area contributed by atoms with Crippen molar-refractivity contribution in [3.8, 4) is 0 Å². The van der Waals surface area contributed by atoms with Crippen LogP contribution in [0.1, 0.15) is 12.5 Å². The number of quaternary nitrogens is 1. The summed E-state index contributed by atoms with van der Waals surface area (Å²) in [6.45, 7) is 7.28. The minimum atomic E-state index is 0.834. The van der Waals surface area contributed by atoms with E-state index in [0.29, 0.717) is 0 Å². The second-order valence-corrected chi connectivity index (χ2v) is 4.57. The molecule has 4 heteroatoms. The fourth-order valence-electron chi connectivity index (χ4n) is 1.82. The number of hydrogen-bond acceptors (Lipinski definition) is 1. The van der Waals surface area contributed by atoms with Gasteiger partial charge in [0.25, 0.3) is 0 Å². The van der Waals surface area contributed by atoms with Crippen LogP contribution < -0.4 is 15.1 Å². The van der Waals surface area contributed by atoms with Crippen LogP contribution in [0.25, 0.3) is 0 Å². The van der Waals surface area contributed by atoms with Gasteiger partial charge in [-0.25, -0.2) is 0 Å². The summed E-state index contributed by atoms with van der Waals surface area (Å²) in [4.78, 5) is 3.66. The Morgan fingerprint density at radius 3 is 2.69 bits per heavy atom. The topological polar surface area (TPSA) is 19.7 Å². The molecule has 0 aromatic heterocycles. The molecule has 2 rings (SSSR count). The zero-order valence-electron chi connectivity index (χ0n) is 9.79. The van der Waals surface area contributed by atoms with Crippen LogP contribution in [0, 0.1) is 6.92 Å². The summed E-state index contributed by atoms with van der Waals surface area (Å²) in [6.07, 6.45) is 0. The van der Waals surface area contributed by atoms with Crippen molar-refractivity contribution in [2.45, 2.75) is 13.8 Å². The smallest absolute Gasteiger partial charge is 0.182 e. The van der Waals surface area contributed by atoms with Crippen molar-refractivity contribution in [2.24, 2.45) is 0 Å². The normalized spacial score (nSPS) is 20.8. The van der Waals surface area contributed by atoms with Crippen molar-refractivity contribution in [2.75, 3.05) is 24.8 Å². The molecule has 16 heavy (non-hydrogen) atoms. The summed E-state index contributed by atoms with van der Waals surface area (Å²) in [7, 11) is 0. The minimum Gasteiger partial charge on any atom is -0.315 e. The molecule has 3 nitrogen and oxygen atoms in total. The Hall–Kier alpha value is -1.13. The van der Waals surface area contributed by atoms with E-state index in [2.05, 4.69) is 48.3 Å². The first-order chi connectivity index (χ1) is 7.70. The van der Waals surface area contributed by atoms with Gasteiger partial charge in [0.2, 0.25) is 0 Å². The van der Waals surface area contributed by atoms with Crippen molar-refractivity contribution in [3.05, 3.63) is 29.8 Å². The lowest BCUT2D eigenvalue weighted by Crippen LogP contribution is -3.17. The number of nitrogens with one attached hydrogen (secondary N) is 2. The molecule has 0 radical (unpaired) electrons. The Morgan fingerprint density at radius 1 is 1.38 bits per heavy atom. The highest BCUT2D eigenvalue weighted by Gasteiger charge is 2.23. The molecule has 86 valence electrons. The number of nitrogens with zero attached hydrogens (tertiary/aromatic N) is 1. The number of thiocarbonyl (C=S) groups is 1. The molecule has 1 heterocycles. The number of hydrogen-bond donors (Lipinski definition) is 2. The van der Waals surface area contributed by atoms with Crippen LogP contribution in [0.15, 0.2) is 24.3 Å². The first kappa shape index (κ1) is 11.4.